The van der Waals surface area contributed by atoms with E-state index in [9.17, 15) is 18.0 Å². The van der Waals surface area contributed by atoms with Gasteiger partial charge in [0.25, 0.3) is 5.92 Å². The number of nitrogens with zero attached hydrogens (tertiary/aromatic N) is 3. The van der Waals surface area contributed by atoms with E-state index in [4.69, 9.17) is 0 Å². The first kappa shape index (κ1) is 17.8. The number of aromatic amines is 1. The first-order valence-corrected chi connectivity index (χ1v) is 8.85. The average Bonchev–Trinajstić information content (AvgIpc) is 3.06. The maximum absolute atomic E-state index is 14.6. The van der Waals surface area contributed by atoms with Crippen molar-refractivity contribution in [1.82, 2.24) is 19.9 Å². The zero-order valence-electron chi connectivity index (χ0n) is 14.8. The summed E-state index contributed by atoms with van der Waals surface area (Å²) in [4.78, 5) is 24.7. The summed E-state index contributed by atoms with van der Waals surface area (Å²) in [5, 5.41) is 3.47. The second kappa shape index (κ2) is 6.24. The first-order valence-electron chi connectivity index (χ1n) is 8.85. The monoisotopic (exact) mass is 379 g/mol. The van der Waals surface area contributed by atoms with E-state index >= 15 is 0 Å². The predicted molar refractivity (Wildman–Crippen MR) is 94.5 cm³/mol. The first-order chi connectivity index (χ1) is 12.8. The number of aromatic nitrogens is 3. The minimum atomic E-state index is -2.74. The number of H-pyrrole nitrogens is 1. The van der Waals surface area contributed by atoms with Crippen LogP contribution in [-0.4, -0.2) is 56.5 Å². The number of amides is 1. The fourth-order valence-corrected chi connectivity index (χ4v) is 3.78. The van der Waals surface area contributed by atoms with Crippen molar-refractivity contribution in [3.8, 4) is 0 Å². The molecule has 1 amide bonds. The van der Waals surface area contributed by atoms with Crippen LogP contribution in [0, 0.1) is 0 Å². The van der Waals surface area contributed by atoms with E-state index in [0.29, 0.717) is 22.4 Å². The fourth-order valence-electron chi connectivity index (χ4n) is 3.78. The smallest absolute Gasteiger partial charge is 0.256 e. The number of carbonyl (C=O) groups excluding carboxylic acids is 1. The summed E-state index contributed by atoms with van der Waals surface area (Å²) in [7, 11) is 0. The molecule has 4 rings (SSSR count). The molecule has 1 saturated carbocycles. The van der Waals surface area contributed by atoms with Gasteiger partial charge in [0, 0.05) is 31.6 Å². The van der Waals surface area contributed by atoms with E-state index in [0.717, 1.165) is 0 Å². The van der Waals surface area contributed by atoms with Gasteiger partial charge in [0.2, 0.25) is 5.91 Å². The van der Waals surface area contributed by atoms with Crippen LogP contribution in [0.3, 0.4) is 0 Å². The lowest BCUT2D eigenvalue weighted by Crippen LogP contribution is -2.54. The predicted octanol–water partition coefficient (Wildman–Crippen LogP) is 3.01. The van der Waals surface area contributed by atoms with E-state index in [1.807, 2.05) is 0 Å². The maximum Gasteiger partial charge on any atom is 0.256 e. The zero-order valence-corrected chi connectivity index (χ0v) is 14.8. The van der Waals surface area contributed by atoms with Crippen molar-refractivity contribution < 1.29 is 18.0 Å². The molecule has 27 heavy (non-hydrogen) atoms. The van der Waals surface area contributed by atoms with Crippen LogP contribution in [0.15, 0.2) is 25.2 Å². The minimum absolute atomic E-state index is 0.137. The standard InChI is InChI=1S/C18H20F3N5O/c1-3-14(27)26-7-13(12(19)4-9(26)2)25-17-15-10(11-5-18(11,20)21)6-22-16(15)23-8-24-17/h3,6,8-9,11-13H,1,4-5,7H2,2H3,(H2,22,23,24,25)/t9-,11?,12-,13-/m0/s1. The molecule has 1 saturated heterocycles. The van der Waals surface area contributed by atoms with Crippen molar-refractivity contribution in [2.45, 2.75) is 49.9 Å². The average molecular weight is 379 g/mol. The van der Waals surface area contributed by atoms with Gasteiger partial charge >= 0.3 is 0 Å². The van der Waals surface area contributed by atoms with E-state index in [-0.39, 0.29) is 31.3 Å². The SMILES string of the molecule is C=CC(=O)N1C[C@H](Nc2ncnc3[nH]cc(C4CC4(F)F)c23)[C@@H](F)C[C@@H]1C. The van der Waals surface area contributed by atoms with Crippen LogP contribution in [0.4, 0.5) is 19.0 Å². The van der Waals surface area contributed by atoms with Gasteiger partial charge < -0.3 is 15.2 Å². The fraction of sp³-hybridized carbons (Fsp3) is 0.500. The van der Waals surface area contributed by atoms with Crippen molar-refractivity contribution in [2.75, 3.05) is 11.9 Å². The number of rotatable bonds is 4. The molecule has 1 aliphatic heterocycles. The number of hydrogen-bond donors (Lipinski definition) is 2. The number of fused-ring (bicyclic) bond motifs is 1. The van der Waals surface area contributed by atoms with Crippen LogP contribution >= 0.6 is 0 Å². The molecule has 2 fully saturated rings. The van der Waals surface area contributed by atoms with Gasteiger partial charge in [-0.25, -0.2) is 23.1 Å². The van der Waals surface area contributed by atoms with Gasteiger partial charge in [0.1, 0.15) is 24.0 Å². The molecule has 2 aromatic rings. The highest BCUT2D eigenvalue weighted by Crippen LogP contribution is 2.57. The molecule has 144 valence electrons. The number of hydrogen-bond acceptors (Lipinski definition) is 4. The number of likely N-dealkylation sites (tertiary alicyclic amines) is 1. The summed E-state index contributed by atoms with van der Waals surface area (Å²) in [5.74, 6) is -3.59. The van der Waals surface area contributed by atoms with Crippen molar-refractivity contribution >= 4 is 22.8 Å². The molecule has 0 spiro atoms. The summed E-state index contributed by atoms with van der Waals surface area (Å²) in [6, 6.07) is -0.951. The van der Waals surface area contributed by atoms with E-state index < -0.39 is 24.1 Å². The second-order valence-electron chi connectivity index (χ2n) is 7.25. The van der Waals surface area contributed by atoms with Gasteiger partial charge in [-0.05, 0) is 18.6 Å². The Balaban J connectivity index is 1.64. The Labute approximate surface area is 153 Å². The molecule has 1 unspecified atom stereocenters. The quantitative estimate of drug-likeness (QED) is 0.801. The number of piperidine rings is 1. The van der Waals surface area contributed by atoms with Gasteiger partial charge in [0.15, 0.2) is 0 Å². The Morgan fingerprint density at radius 2 is 2.22 bits per heavy atom. The highest BCUT2D eigenvalue weighted by molar-refractivity contribution is 5.91. The van der Waals surface area contributed by atoms with Crippen molar-refractivity contribution in [2.24, 2.45) is 0 Å². The molecule has 0 bridgehead atoms. The van der Waals surface area contributed by atoms with Crippen LogP contribution in [0.1, 0.15) is 31.2 Å². The highest BCUT2D eigenvalue weighted by atomic mass is 19.3. The lowest BCUT2D eigenvalue weighted by atomic mass is 9.97. The molecule has 0 aromatic carbocycles. The Morgan fingerprint density at radius 1 is 1.48 bits per heavy atom. The Morgan fingerprint density at radius 3 is 2.89 bits per heavy atom. The molecule has 0 radical (unpaired) electrons. The Kier molecular flexibility index (Phi) is 4.12. The number of nitrogens with one attached hydrogen (secondary N) is 2. The van der Waals surface area contributed by atoms with Gasteiger partial charge in [-0.15, -0.1) is 0 Å². The zero-order chi connectivity index (χ0) is 19.3. The van der Waals surface area contributed by atoms with Gasteiger partial charge in [-0.3, -0.25) is 4.79 Å². The number of anilines is 1. The van der Waals surface area contributed by atoms with Crippen LogP contribution in [-0.2, 0) is 4.79 Å². The topological polar surface area (TPSA) is 73.9 Å². The number of alkyl halides is 3. The van der Waals surface area contributed by atoms with Gasteiger partial charge in [-0.2, -0.15) is 0 Å². The maximum atomic E-state index is 14.6. The van der Waals surface area contributed by atoms with Crippen molar-refractivity contribution in [3.05, 3.63) is 30.7 Å². The molecule has 2 N–H and O–H groups in total. The third kappa shape index (κ3) is 3.04. The number of halogens is 3. The van der Waals surface area contributed by atoms with Crippen LogP contribution in [0.25, 0.3) is 11.0 Å². The van der Waals surface area contributed by atoms with Crippen LogP contribution in [0.5, 0.6) is 0 Å². The summed E-state index contributed by atoms with van der Waals surface area (Å²) in [6.07, 6.45) is 2.76. The molecule has 1 aliphatic carbocycles. The molecule has 6 nitrogen and oxygen atoms in total. The molecule has 9 heteroatoms. The summed E-state index contributed by atoms with van der Waals surface area (Å²) in [6.45, 7) is 5.40. The molecule has 2 aromatic heterocycles. The highest BCUT2D eigenvalue weighted by Gasteiger charge is 2.58. The molecule has 3 heterocycles. The second-order valence-corrected chi connectivity index (χ2v) is 7.25. The largest absolute Gasteiger partial charge is 0.362 e. The van der Waals surface area contributed by atoms with Crippen molar-refractivity contribution in [3.63, 3.8) is 0 Å². The number of carbonyl (C=O) groups is 1. The van der Waals surface area contributed by atoms with Crippen molar-refractivity contribution in [1.29, 1.82) is 0 Å². The lowest BCUT2D eigenvalue weighted by Gasteiger charge is -2.40. The van der Waals surface area contributed by atoms with Gasteiger partial charge in [-0.1, -0.05) is 6.58 Å². The Bertz CT molecular complexity index is 898. The molecular formula is C18H20F3N5O. The Hall–Kier alpha value is -2.58. The summed E-state index contributed by atoms with van der Waals surface area (Å²) in [5.41, 5.74) is 0.848. The van der Waals surface area contributed by atoms with Crippen LogP contribution < -0.4 is 5.32 Å². The molecule has 2 aliphatic rings. The molecule has 4 atom stereocenters. The molecular weight excluding hydrogens is 359 g/mol. The third-order valence-corrected chi connectivity index (χ3v) is 5.41. The summed E-state index contributed by atoms with van der Waals surface area (Å²) < 4.78 is 41.8. The normalized spacial score (nSPS) is 29.6. The van der Waals surface area contributed by atoms with E-state index in [2.05, 4.69) is 26.8 Å². The third-order valence-electron chi connectivity index (χ3n) is 5.41. The van der Waals surface area contributed by atoms with E-state index in [1.54, 1.807) is 11.8 Å². The summed E-state index contributed by atoms with van der Waals surface area (Å²) >= 11 is 0. The van der Waals surface area contributed by atoms with E-state index in [1.165, 1.54) is 18.6 Å². The van der Waals surface area contributed by atoms with Gasteiger partial charge in [0.05, 0.1) is 17.3 Å². The minimum Gasteiger partial charge on any atom is -0.362 e. The van der Waals surface area contributed by atoms with Crippen LogP contribution in [0.2, 0.25) is 0 Å². The lowest BCUT2D eigenvalue weighted by molar-refractivity contribution is -0.130.